The number of halogens is 1. The van der Waals surface area contributed by atoms with Crippen LogP contribution in [0.3, 0.4) is 0 Å². The van der Waals surface area contributed by atoms with Crippen LogP contribution in [-0.2, 0) is 22.4 Å². The van der Waals surface area contributed by atoms with Crippen molar-refractivity contribution < 1.29 is 18.7 Å². The first-order chi connectivity index (χ1) is 19.0. The van der Waals surface area contributed by atoms with Gasteiger partial charge in [0.05, 0.1) is 6.42 Å². The van der Waals surface area contributed by atoms with Gasteiger partial charge in [-0.1, -0.05) is 36.4 Å². The van der Waals surface area contributed by atoms with Gasteiger partial charge in [0.15, 0.2) is 0 Å². The number of rotatable bonds is 10. The predicted octanol–water partition coefficient (Wildman–Crippen LogP) is 7.10. The number of carbonyl (C=O) groups excluding carboxylic acids is 2. The van der Waals surface area contributed by atoms with E-state index in [1.807, 2.05) is 23.6 Å². The summed E-state index contributed by atoms with van der Waals surface area (Å²) >= 11 is 1.56. The molecule has 0 aliphatic carbocycles. The van der Waals surface area contributed by atoms with Gasteiger partial charge >= 0.3 is 0 Å². The lowest BCUT2D eigenvalue weighted by Crippen LogP contribution is -2.43. The molecule has 1 aliphatic rings. The molecule has 0 radical (unpaired) electrons. The molecule has 1 saturated heterocycles. The van der Waals surface area contributed by atoms with Crippen LogP contribution in [0.15, 0.2) is 96.4 Å². The Morgan fingerprint density at radius 2 is 1.64 bits per heavy atom. The number of nitrogens with zero attached hydrogens (tertiary/aromatic N) is 1. The summed E-state index contributed by atoms with van der Waals surface area (Å²) in [5, 5.41) is 4.96. The van der Waals surface area contributed by atoms with Gasteiger partial charge in [0, 0.05) is 17.1 Å². The van der Waals surface area contributed by atoms with Crippen LogP contribution in [0.5, 0.6) is 11.5 Å². The molecule has 1 N–H and O–H groups in total. The zero-order valence-electron chi connectivity index (χ0n) is 21.6. The number of benzene rings is 3. The van der Waals surface area contributed by atoms with Crippen molar-refractivity contribution in [2.24, 2.45) is 5.92 Å². The second-order valence-corrected chi connectivity index (χ2v) is 10.9. The van der Waals surface area contributed by atoms with Crippen molar-refractivity contribution in [3.63, 3.8) is 0 Å². The first-order valence-electron chi connectivity index (χ1n) is 13.2. The molecule has 2 heterocycles. The van der Waals surface area contributed by atoms with E-state index in [0.717, 1.165) is 24.1 Å². The van der Waals surface area contributed by atoms with Gasteiger partial charge in [-0.15, -0.1) is 11.3 Å². The minimum atomic E-state index is -0.505. The fourth-order valence-corrected chi connectivity index (χ4v) is 5.73. The van der Waals surface area contributed by atoms with Crippen LogP contribution in [0.25, 0.3) is 0 Å². The number of hydrogen-bond acceptors (Lipinski definition) is 4. The van der Waals surface area contributed by atoms with Gasteiger partial charge in [-0.05, 0) is 97.1 Å². The minimum absolute atomic E-state index is 0.00814. The van der Waals surface area contributed by atoms with E-state index in [-0.39, 0.29) is 23.5 Å². The number of nitrogens with one attached hydrogen (secondary N) is 1. The normalized spacial score (nSPS) is 16.7. The van der Waals surface area contributed by atoms with Crippen LogP contribution in [0.1, 0.15) is 29.7 Å². The molecular formula is C32H31FN2O3S. The lowest BCUT2D eigenvalue weighted by molar-refractivity contribution is -0.136. The van der Waals surface area contributed by atoms with Crippen LogP contribution in [0.4, 0.5) is 10.1 Å². The number of likely N-dealkylation sites (tertiary alicyclic amines) is 1. The van der Waals surface area contributed by atoms with E-state index in [0.29, 0.717) is 36.6 Å². The smallest absolute Gasteiger partial charge is 0.247 e. The minimum Gasteiger partial charge on any atom is -0.457 e. The van der Waals surface area contributed by atoms with Gasteiger partial charge in [0.25, 0.3) is 0 Å². The van der Waals surface area contributed by atoms with Crippen LogP contribution in [-0.4, -0.2) is 29.3 Å². The molecule has 5 rings (SSSR count). The van der Waals surface area contributed by atoms with E-state index in [1.54, 1.807) is 52.6 Å². The Kier molecular flexibility index (Phi) is 8.68. The van der Waals surface area contributed by atoms with E-state index in [4.69, 9.17) is 4.74 Å². The molecule has 2 amide bonds. The number of anilines is 1. The fourth-order valence-electron chi connectivity index (χ4n) is 5.03. The molecule has 0 spiro atoms. The summed E-state index contributed by atoms with van der Waals surface area (Å²) in [6.45, 7) is 0.599. The summed E-state index contributed by atoms with van der Waals surface area (Å²) in [7, 11) is 0. The largest absolute Gasteiger partial charge is 0.457 e. The van der Waals surface area contributed by atoms with Gasteiger partial charge in [0.1, 0.15) is 23.4 Å². The second-order valence-electron chi connectivity index (χ2n) is 9.87. The van der Waals surface area contributed by atoms with E-state index in [2.05, 4.69) is 29.6 Å². The average molecular weight is 543 g/mol. The summed E-state index contributed by atoms with van der Waals surface area (Å²) in [6, 6.07) is 26.6. The maximum atomic E-state index is 13.4. The third-order valence-corrected chi connectivity index (χ3v) is 7.88. The summed E-state index contributed by atoms with van der Waals surface area (Å²) in [4.78, 5) is 29.5. The molecule has 0 saturated carbocycles. The molecule has 1 aromatic heterocycles. The van der Waals surface area contributed by atoms with E-state index < -0.39 is 6.04 Å². The molecule has 4 aromatic rings. The maximum Gasteiger partial charge on any atom is 0.247 e. The first kappa shape index (κ1) is 26.6. The Bertz CT molecular complexity index is 1360. The molecule has 39 heavy (non-hydrogen) atoms. The summed E-state index contributed by atoms with van der Waals surface area (Å²) in [6.07, 6.45) is 3.95. The van der Waals surface area contributed by atoms with Crippen molar-refractivity contribution in [2.45, 2.75) is 38.1 Å². The van der Waals surface area contributed by atoms with Gasteiger partial charge in [-0.3, -0.25) is 9.59 Å². The van der Waals surface area contributed by atoms with Crippen molar-refractivity contribution in [1.82, 2.24) is 4.90 Å². The molecule has 1 fully saturated rings. The molecule has 7 heteroatoms. The Morgan fingerprint density at radius 3 is 2.33 bits per heavy atom. The molecule has 2 unspecified atom stereocenters. The molecule has 5 nitrogen and oxygen atoms in total. The second kappa shape index (κ2) is 12.7. The highest BCUT2D eigenvalue weighted by atomic mass is 32.1. The number of ether oxygens (including phenoxy) is 1. The molecule has 3 aromatic carbocycles. The monoisotopic (exact) mass is 542 g/mol. The molecule has 1 aliphatic heterocycles. The van der Waals surface area contributed by atoms with Gasteiger partial charge < -0.3 is 15.0 Å². The Hall–Kier alpha value is -3.97. The maximum absolute atomic E-state index is 13.4. The highest BCUT2D eigenvalue weighted by Crippen LogP contribution is 2.30. The number of thiophene rings is 1. The molecular weight excluding hydrogens is 511 g/mol. The standard InChI is InChI=1S/C32H31FN2O3S/c33-25-11-15-27(16-12-25)38-28-17-13-26(14-18-28)34-32(37)30-20-24(9-4-8-23-6-2-1-3-7-23)22-35(30)31(36)21-29-10-5-19-39-29/h1-3,5-7,10-19,24,30H,4,8-9,20-22H2,(H,34,37). The van der Waals surface area contributed by atoms with Crippen LogP contribution < -0.4 is 10.1 Å². The van der Waals surface area contributed by atoms with Gasteiger partial charge in [-0.2, -0.15) is 0 Å². The van der Waals surface area contributed by atoms with Crippen molar-refractivity contribution >= 4 is 28.8 Å². The Labute approximate surface area is 232 Å². The quantitative estimate of drug-likeness (QED) is 0.233. The van der Waals surface area contributed by atoms with E-state index >= 15 is 0 Å². The number of amides is 2. The van der Waals surface area contributed by atoms with Crippen molar-refractivity contribution in [1.29, 1.82) is 0 Å². The van der Waals surface area contributed by atoms with Gasteiger partial charge in [-0.25, -0.2) is 4.39 Å². The SMILES string of the molecule is O=C(Nc1ccc(Oc2ccc(F)cc2)cc1)C1CC(CCCc2ccccc2)CN1C(=O)Cc1cccs1. The molecule has 2 atom stereocenters. The average Bonchev–Trinajstić information content (AvgIpc) is 3.62. The van der Waals surface area contributed by atoms with Crippen molar-refractivity contribution in [3.05, 3.63) is 113 Å². The highest BCUT2D eigenvalue weighted by Gasteiger charge is 2.39. The van der Waals surface area contributed by atoms with Crippen molar-refractivity contribution in [2.75, 3.05) is 11.9 Å². The van der Waals surface area contributed by atoms with Crippen molar-refractivity contribution in [3.8, 4) is 11.5 Å². The predicted molar refractivity (Wildman–Crippen MR) is 153 cm³/mol. The lowest BCUT2D eigenvalue weighted by Gasteiger charge is -2.24. The summed E-state index contributed by atoms with van der Waals surface area (Å²) < 4.78 is 18.9. The number of aryl methyl sites for hydroxylation is 1. The molecule has 200 valence electrons. The first-order valence-corrected chi connectivity index (χ1v) is 14.1. The Balaban J connectivity index is 1.21. The topological polar surface area (TPSA) is 58.6 Å². The van der Waals surface area contributed by atoms with Crippen LogP contribution >= 0.6 is 11.3 Å². The van der Waals surface area contributed by atoms with Crippen LogP contribution in [0, 0.1) is 11.7 Å². The zero-order chi connectivity index (χ0) is 27.0. The molecule has 0 bridgehead atoms. The highest BCUT2D eigenvalue weighted by molar-refractivity contribution is 7.10. The Morgan fingerprint density at radius 1 is 0.923 bits per heavy atom. The third kappa shape index (κ3) is 7.33. The van der Waals surface area contributed by atoms with Crippen LogP contribution in [0.2, 0.25) is 0 Å². The summed E-state index contributed by atoms with van der Waals surface area (Å²) in [5.41, 5.74) is 1.94. The van der Waals surface area contributed by atoms with E-state index in [1.165, 1.54) is 17.7 Å². The van der Waals surface area contributed by atoms with E-state index in [9.17, 15) is 14.0 Å². The number of hydrogen-bond donors (Lipinski definition) is 1. The lowest BCUT2D eigenvalue weighted by atomic mass is 9.97. The fraction of sp³-hybridized carbons (Fsp3) is 0.250. The van der Waals surface area contributed by atoms with Gasteiger partial charge in [0.2, 0.25) is 11.8 Å². The number of carbonyl (C=O) groups is 2. The zero-order valence-corrected chi connectivity index (χ0v) is 22.4. The summed E-state index contributed by atoms with van der Waals surface area (Å²) in [5.74, 6) is 0.874. The third-order valence-electron chi connectivity index (χ3n) is 7.01.